The van der Waals surface area contributed by atoms with Gasteiger partial charge in [-0.2, -0.15) is 0 Å². The fourth-order valence-corrected chi connectivity index (χ4v) is 5.57. The number of methoxy groups -OCH3 is 1. The molecule has 0 aliphatic rings. The highest BCUT2D eigenvalue weighted by atomic mass is 32.2. The van der Waals surface area contributed by atoms with Gasteiger partial charge in [0, 0.05) is 29.9 Å². The zero-order chi connectivity index (χ0) is 26.6. The Morgan fingerprint density at radius 2 is 1.76 bits per heavy atom. The van der Waals surface area contributed by atoms with Gasteiger partial charge in [-0.3, -0.25) is 4.79 Å². The van der Waals surface area contributed by atoms with Gasteiger partial charge in [-0.15, -0.1) is 10.2 Å². The number of nitrogens with two attached hydrogens (primary N) is 1. The molecule has 0 saturated heterocycles. The number of rotatable bonds is 10. The van der Waals surface area contributed by atoms with Gasteiger partial charge in [0.1, 0.15) is 5.75 Å². The maximum Gasteiger partial charge on any atom is 0.210 e. The Hall–Kier alpha value is -4.04. The molecule has 7 nitrogen and oxygen atoms in total. The Bertz CT molecular complexity index is 1580. The number of nitrogens with zero attached hydrogens (tertiary/aromatic N) is 4. The van der Waals surface area contributed by atoms with Crippen molar-refractivity contribution in [3.05, 3.63) is 107 Å². The Balaban J connectivity index is 1.23. The zero-order valence-corrected chi connectivity index (χ0v) is 22.7. The highest BCUT2D eigenvalue weighted by molar-refractivity contribution is 7.99. The molecule has 0 radical (unpaired) electrons. The monoisotopic (exact) mass is 525 g/mol. The summed E-state index contributed by atoms with van der Waals surface area (Å²) in [6.07, 6.45) is 1.44. The van der Waals surface area contributed by atoms with Crippen molar-refractivity contribution in [2.45, 2.75) is 38.4 Å². The van der Waals surface area contributed by atoms with E-state index >= 15 is 0 Å². The number of Topliss-reactive ketones (excluding diaryl/α,β-unsaturated/α-hetero) is 1. The first-order valence-electron chi connectivity index (χ1n) is 12.6. The second-order valence-corrected chi connectivity index (χ2v) is 10.3. The third kappa shape index (κ3) is 5.31. The topological polar surface area (TPSA) is 88.0 Å². The van der Waals surface area contributed by atoms with Gasteiger partial charge in [0.25, 0.3) is 0 Å². The summed E-state index contributed by atoms with van der Waals surface area (Å²) in [5.74, 6) is 8.14. The second kappa shape index (κ2) is 11.1. The molecule has 0 bridgehead atoms. The smallest absolute Gasteiger partial charge is 0.210 e. The molecule has 194 valence electrons. The molecule has 3 aromatic carbocycles. The van der Waals surface area contributed by atoms with Crippen molar-refractivity contribution in [3.63, 3.8) is 0 Å². The zero-order valence-electron chi connectivity index (χ0n) is 21.8. The van der Waals surface area contributed by atoms with E-state index in [-0.39, 0.29) is 11.5 Å². The van der Waals surface area contributed by atoms with E-state index in [0.717, 1.165) is 41.2 Å². The normalized spacial score (nSPS) is 11.2. The molecule has 0 spiro atoms. The molecular formula is C30H31N5O2S. The predicted molar refractivity (Wildman–Crippen MR) is 153 cm³/mol. The van der Waals surface area contributed by atoms with E-state index in [1.165, 1.54) is 32.8 Å². The molecule has 2 aromatic heterocycles. The molecule has 2 heterocycles. The molecule has 0 fully saturated rings. The number of thioether (sulfide) groups is 1. The van der Waals surface area contributed by atoms with E-state index in [4.69, 9.17) is 10.6 Å². The average molecular weight is 526 g/mol. The van der Waals surface area contributed by atoms with E-state index in [1.807, 2.05) is 50.2 Å². The van der Waals surface area contributed by atoms with Crippen molar-refractivity contribution in [1.82, 2.24) is 19.4 Å². The summed E-state index contributed by atoms with van der Waals surface area (Å²) in [7, 11) is 1.67. The van der Waals surface area contributed by atoms with Crippen LogP contribution in [0.3, 0.4) is 0 Å². The van der Waals surface area contributed by atoms with E-state index in [0.29, 0.717) is 17.4 Å². The molecule has 5 rings (SSSR count). The summed E-state index contributed by atoms with van der Waals surface area (Å²) in [6, 6.07) is 24.5. The van der Waals surface area contributed by atoms with Crippen molar-refractivity contribution < 1.29 is 9.53 Å². The molecule has 0 atom stereocenters. The average Bonchev–Trinajstić information content (AvgIpc) is 3.43. The van der Waals surface area contributed by atoms with Crippen LogP contribution in [0.25, 0.3) is 10.8 Å². The highest BCUT2D eigenvalue weighted by Gasteiger charge is 2.18. The van der Waals surface area contributed by atoms with Crippen LogP contribution in [-0.4, -0.2) is 38.1 Å². The molecule has 38 heavy (non-hydrogen) atoms. The number of carbonyl (C=O) groups is 1. The Morgan fingerprint density at radius 3 is 2.55 bits per heavy atom. The maximum absolute atomic E-state index is 13.2. The van der Waals surface area contributed by atoms with Crippen LogP contribution in [0, 0.1) is 13.8 Å². The molecule has 0 saturated carbocycles. The van der Waals surface area contributed by atoms with E-state index in [9.17, 15) is 4.79 Å². The molecule has 5 aromatic rings. The lowest BCUT2D eigenvalue weighted by atomic mass is 10.0. The summed E-state index contributed by atoms with van der Waals surface area (Å²) >= 11 is 1.32. The lowest BCUT2D eigenvalue weighted by molar-refractivity contribution is 0.102. The number of hydrogen-bond donors (Lipinski definition) is 1. The summed E-state index contributed by atoms with van der Waals surface area (Å²) in [6.45, 7) is 4.85. The number of hydrogen-bond acceptors (Lipinski definition) is 6. The first-order valence-corrected chi connectivity index (χ1v) is 13.5. The predicted octanol–water partition coefficient (Wildman–Crippen LogP) is 5.38. The standard InChI is InChI=1S/C30H31N5O2S/c1-20-17-27(21(2)34(20)16-15-22-11-13-25(37-3)14-12-22)28(36)19-38-30-33-32-29(35(30)31)18-24-9-6-8-23-7-4-5-10-26(23)24/h4-14,17H,15-16,18-19,31H2,1-3H3. The lowest BCUT2D eigenvalue weighted by Gasteiger charge is -2.10. The number of nitrogen functional groups attached to an aromatic ring is 1. The van der Waals surface area contributed by atoms with Crippen LogP contribution in [-0.2, 0) is 19.4 Å². The number of benzene rings is 3. The third-order valence-electron chi connectivity index (χ3n) is 6.95. The van der Waals surface area contributed by atoms with E-state index in [1.54, 1.807) is 7.11 Å². The van der Waals surface area contributed by atoms with Crippen LogP contribution in [0.4, 0.5) is 0 Å². The van der Waals surface area contributed by atoms with Gasteiger partial charge in [-0.25, -0.2) is 4.68 Å². The molecule has 2 N–H and O–H groups in total. The first-order chi connectivity index (χ1) is 18.4. The van der Waals surface area contributed by atoms with Crippen LogP contribution in [0.5, 0.6) is 5.75 Å². The largest absolute Gasteiger partial charge is 0.497 e. The van der Waals surface area contributed by atoms with Crippen LogP contribution < -0.4 is 10.6 Å². The van der Waals surface area contributed by atoms with Gasteiger partial charge < -0.3 is 15.1 Å². The van der Waals surface area contributed by atoms with Crippen LogP contribution in [0.1, 0.15) is 38.7 Å². The maximum atomic E-state index is 13.2. The molecule has 0 amide bonds. The molecule has 0 aliphatic heterocycles. The fraction of sp³-hybridized carbons (Fsp3) is 0.233. The van der Waals surface area contributed by atoms with Gasteiger partial charge >= 0.3 is 0 Å². The fourth-order valence-electron chi connectivity index (χ4n) is 4.81. The van der Waals surface area contributed by atoms with Gasteiger partial charge in [0.15, 0.2) is 11.6 Å². The summed E-state index contributed by atoms with van der Waals surface area (Å²) < 4.78 is 8.95. The molecule has 0 unspecified atom stereocenters. The number of aromatic nitrogens is 4. The van der Waals surface area contributed by atoms with Gasteiger partial charge in [-0.1, -0.05) is 66.4 Å². The Labute approximate surface area is 226 Å². The lowest BCUT2D eigenvalue weighted by Crippen LogP contribution is -2.15. The van der Waals surface area contributed by atoms with Crippen molar-refractivity contribution in [2.75, 3.05) is 18.7 Å². The number of aryl methyl sites for hydroxylation is 2. The number of ketones is 1. The number of fused-ring (bicyclic) bond motifs is 1. The highest BCUT2D eigenvalue weighted by Crippen LogP contribution is 2.24. The van der Waals surface area contributed by atoms with Gasteiger partial charge in [0.2, 0.25) is 5.16 Å². The van der Waals surface area contributed by atoms with Crippen molar-refractivity contribution in [2.24, 2.45) is 0 Å². The van der Waals surface area contributed by atoms with Crippen LogP contribution >= 0.6 is 11.8 Å². The Morgan fingerprint density at radius 1 is 1.00 bits per heavy atom. The molecule has 0 aliphatic carbocycles. The Kier molecular flexibility index (Phi) is 7.51. The van der Waals surface area contributed by atoms with Gasteiger partial charge in [-0.05, 0) is 60.4 Å². The van der Waals surface area contributed by atoms with Crippen molar-refractivity contribution in [1.29, 1.82) is 0 Å². The van der Waals surface area contributed by atoms with Gasteiger partial charge in [0.05, 0.1) is 12.9 Å². The van der Waals surface area contributed by atoms with E-state index in [2.05, 4.69) is 51.2 Å². The van der Waals surface area contributed by atoms with E-state index < -0.39 is 0 Å². The van der Waals surface area contributed by atoms with Crippen LogP contribution in [0.2, 0.25) is 0 Å². The summed E-state index contributed by atoms with van der Waals surface area (Å²) in [5.41, 5.74) is 5.15. The quantitative estimate of drug-likeness (QED) is 0.150. The molecular weight excluding hydrogens is 494 g/mol. The number of ether oxygens (including phenoxy) is 1. The third-order valence-corrected chi connectivity index (χ3v) is 7.90. The minimum absolute atomic E-state index is 0.0531. The SMILES string of the molecule is COc1ccc(CCn2c(C)cc(C(=O)CSc3nnc(Cc4cccc5ccccc45)n3N)c2C)cc1. The molecule has 8 heteroatoms. The minimum Gasteiger partial charge on any atom is -0.497 e. The summed E-state index contributed by atoms with van der Waals surface area (Å²) in [4.78, 5) is 13.2. The second-order valence-electron chi connectivity index (χ2n) is 9.33. The minimum atomic E-state index is 0.0531. The van der Waals surface area contributed by atoms with Crippen LogP contribution in [0.15, 0.2) is 78.0 Å². The van der Waals surface area contributed by atoms with Crippen molar-refractivity contribution >= 4 is 28.3 Å². The summed E-state index contributed by atoms with van der Waals surface area (Å²) in [5, 5.41) is 11.5. The first kappa shape index (κ1) is 25.6. The number of carbonyl (C=O) groups excluding carboxylic acids is 1. The van der Waals surface area contributed by atoms with Crippen molar-refractivity contribution in [3.8, 4) is 5.75 Å².